The first-order chi connectivity index (χ1) is 14.2. The predicted octanol–water partition coefficient (Wildman–Crippen LogP) is 2.96. The number of nitrogens with one attached hydrogen (secondary N) is 2. The molecule has 2 aromatic rings. The second-order valence-corrected chi connectivity index (χ2v) is 7.35. The van der Waals surface area contributed by atoms with E-state index in [0.717, 1.165) is 69.0 Å². The highest BCUT2D eigenvalue weighted by atomic mass is 127. The van der Waals surface area contributed by atoms with Crippen molar-refractivity contribution in [1.82, 2.24) is 25.2 Å². The summed E-state index contributed by atoms with van der Waals surface area (Å²) in [6.45, 7) is 5.92. The van der Waals surface area contributed by atoms with Gasteiger partial charge in [0.15, 0.2) is 11.6 Å². The molecule has 2 heterocycles. The molecule has 9 heteroatoms. The third-order valence-electron chi connectivity index (χ3n) is 5.24. The van der Waals surface area contributed by atoms with Gasteiger partial charge in [-0.25, -0.2) is 0 Å². The number of nitrogens with zero attached hydrogens (tertiary/aromatic N) is 4. The van der Waals surface area contributed by atoms with Crippen molar-refractivity contribution in [3.8, 4) is 0 Å². The third-order valence-corrected chi connectivity index (χ3v) is 5.24. The topological polar surface area (TPSA) is 92.9 Å². The molecule has 0 saturated heterocycles. The largest absolute Gasteiger partial charge is 0.466 e. The van der Waals surface area contributed by atoms with Gasteiger partial charge in [0.05, 0.1) is 12.5 Å². The zero-order valence-corrected chi connectivity index (χ0v) is 20.2. The molecule has 166 valence electrons. The number of carbonyl (C=O) groups is 1. The number of aliphatic imine (C=N–C) groups is 1. The first-order valence-corrected chi connectivity index (χ1v) is 10.7. The van der Waals surface area contributed by atoms with Gasteiger partial charge < -0.3 is 15.4 Å². The molecule has 1 aliphatic rings. The highest BCUT2D eigenvalue weighted by Crippen LogP contribution is 2.25. The average molecular weight is 528 g/mol. The molecule has 8 nitrogen and oxygen atoms in total. The Bertz CT molecular complexity index is 817. The Kier molecular flexibility index (Phi) is 10.3. The average Bonchev–Trinajstić information content (AvgIpc) is 3.15. The highest BCUT2D eigenvalue weighted by molar-refractivity contribution is 14.0. The van der Waals surface area contributed by atoms with Gasteiger partial charge in [-0.2, -0.15) is 0 Å². The van der Waals surface area contributed by atoms with E-state index in [2.05, 4.69) is 27.8 Å². The van der Waals surface area contributed by atoms with Crippen LogP contribution in [0, 0.1) is 5.92 Å². The van der Waals surface area contributed by atoms with Crippen LogP contribution in [0.1, 0.15) is 51.8 Å². The molecule has 0 radical (unpaired) electrons. The molecular weight excluding hydrogens is 495 g/mol. The summed E-state index contributed by atoms with van der Waals surface area (Å²) in [6, 6.07) is 6.26. The molecule has 0 aromatic carbocycles. The Balaban J connectivity index is 0.00000320. The Hall–Kier alpha value is -1.91. The minimum Gasteiger partial charge on any atom is -0.466 e. The summed E-state index contributed by atoms with van der Waals surface area (Å²) in [6.07, 6.45) is 7.39. The Morgan fingerprint density at radius 2 is 2.03 bits per heavy atom. The van der Waals surface area contributed by atoms with Crippen LogP contribution in [0.4, 0.5) is 0 Å². The molecule has 0 aliphatic heterocycles. The van der Waals surface area contributed by atoms with Gasteiger partial charge in [0.25, 0.3) is 0 Å². The van der Waals surface area contributed by atoms with Crippen LogP contribution in [0.5, 0.6) is 0 Å². The van der Waals surface area contributed by atoms with Crippen molar-refractivity contribution in [2.45, 2.75) is 58.4 Å². The van der Waals surface area contributed by atoms with E-state index in [-0.39, 0.29) is 35.9 Å². The van der Waals surface area contributed by atoms with Crippen LogP contribution < -0.4 is 10.6 Å². The van der Waals surface area contributed by atoms with E-state index < -0.39 is 0 Å². The number of aromatic nitrogens is 3. The fourth-order valence-corrected chi connectivity index (χ4v) is 3.74. The maximum atomic E-state index is 11.9. The maximum Gasteiger partial charge on any atom is 0.308 e. The normalized spacial score (nSPS) is 19.2. The number of fused-ring (bicyclic) bond motifs is 1. The number of guanidine groups is 1. The number of halogens is 1. The van der Waals surface area contributed by atoms with E-state index in [4.69, 9.17) is 9.73 Å². The lowest BCUT2D eigenvalue weighted by molar-refractivity contribution is -0.149. The van der Waals surface area contributed by atoms with Gasteiger partial charge in [0, 0.05) is 31.7 Å². The summed E-state index contributed by atoms with van der Waals surface area (Å²) in [4.78, 5) is 16.6. The number of rotatable bonds is 8. The molecule has 0 amide bonds. The zero-order valence-electron chi connectivity index (χ0n) is 17.8. The molecule has 3 rings (SSSR count). The van der Waals surface area contributed by atoms with Gasteiger partial charge in [-0.15, -0.1) is 34.2 Å². The Morgan fingerprint density at radius 3 is 2.77 bits per heavy atom. The molecule has 2 aromatic heterocycles. The van der Waals surface area contributed by atoms with Gasteiger partial charge in [0.1, 0.15) is 5.82 Å². The van der Waals surface area contributed by atoms with Crippen molar-refractivity contribution in [2.24, 2.45) is 10.9 Å². The lowest BCUT2D eigenvalue weighted by Crippen LogP contribution is -2.45. The number of hydrogen-bond donors (Lipinski definition) is 2. The molecule has 0 bridgehead atoms. The monoisotopic (exact) mass is 528 g/mol. The summed E-state index contributed by atoms with van der Waals surface area (Å²) in [5.74, 6) is 1.81. The fourth-order valence-electron chi connectivity index (χ4n) is 3.74. The molecule has 1 aliphatic carbocycles. The second-order valence-electron chi connectivity index (χ2n) is 7.35. The minimum atomic E-state index is -0.0486. The Morgan fingerprint density at radius 1 is 1.23 bits per heavy atom. The van der Waals surface area contributed by atoms with Gasteiger partial charge in [-0.3, -0.25) is 14.2 Å². The first kappa shape index (κ1) is 24.4. The molecule has 0 atom stereocenters. The predicted molar refractivity (Wildman–Crippen MR) is 128 cm³/mol. The van der Waals surface area contributed by atoms with Crippen LogP contribution in [0.15, 0.2) is 29.4 Å². The number of pyridine rings is 1. The summed E-state index contributed by atoms with van der Waals surface area (Å²) in [5, 5.41) is 15.3. The van der Waals surface area contributed by atoms with Crippen molar-refractivity contribution in [3.05, 3.63) is 30.2 Å². The SMILES string of the molecule is CCNC(=NCCCc1nnc2ccccn12)NC1CCC(C(=O)OCC)CC1.I. The van der Waals surface area contributed by atoms with Gasteiger partial charge in [0.2, 0.25) is 0 Å². The molecule has 0 spiro atoms. The van der Waals surface area contributed by atoms with Crippen LogP contribution >= 0.6 is 24.0 Å². The quantitative estimate of drug-likeness (QED) is 0.180. The van der Waals surface area contributed by atoms with Crippen molar-refractivity contribution in [3.63, 3.8) is 0 Å². The van der Waals surface area contributed by atoms with E-state index >= 15 is 0 Å². The summed E-state index contributed by atoms with van der Waals surface area (Å²) in [5.41, 5.74) is 0.874. The van der Waals surface area contributed by atoms with Gasteiger partial charge >= 0.3 is 5.97 Å². The van der Waals surface area contributed by atoms with Crippen LogP contribution in [0.3, 0.4) is 0 Å². The lowest BCUT2D eigenvalue weighted by atomic mass is 9.86. The molecule has 1 fully saturated rings. The van der Waals surface area contributed by atoms with Crippen LogP contribution in [0.25, 0.3) is 5.65 Å². The molecular formula is C21H33IN6O2. The van der Waals surface area contributed by atoms with Crippen molar-refractivity contribution < 1.29 is 9.53 Å². The Labute approximate surface area is 195 Å². The third kappa shape index (κ3) is 6.82. The summed E-state index contributed by atoms with van der Waals surface area (Å²) in [7, 11) is 0. The van der Waals surface area contributed by atoms with Crippen LogP contribution in [0.2, 0.25) is 0 Å². The number of hydrogen-bond acceptors (Lipinski definition) is 5. The minimum absolute atomic E-state index is 0. The number of aryl methyl sites for hydroxylation is 1. The number of esters is 1. The van der Waals surface area contributed by atoms with Gasteiger partial charge in [-0.1, -0.05) is 6.07 Å². The van der Waals surface area contributed by atoms with E-state index in [1.807, 2.05) is 35.7 Å². The number of carbonyl (C=O) groups excluding carboxylic acids is 1. The zero-order chi connectivity index (χ0) is 20.5. The molecule has 0 unspecified atom stereocenters. The van der Waals surface area contributed by atoms with Gasteiger partial charge in [-0.05, 0) is 58.1 Å². The lowest BCUT2D eigenvalue weighted by Gasteiger charge is -2.29. The van der Waals surface area contributed by atoms with Crippen LogP contribution in [-0.2, 0) is 16.0 Å². The smallest absolute Gasteiger partial charge is 0.308 e. The van der Waals surface area contributed by atoms with Crippen molar-refractivity contribution in [1.29, 1.82) is 0 Å². The van der Waals surface area contributed by atoms with Crippen molar-refractivity contribution >= 4 is 41.6 Å². The highest BCUT2D eigenvalue weighted by Gasteiger charge is 2.27. The van der Waals surface area contributed by atoms with Crippen molar-refractivity contribution in [2.75, 3.05) is 19.7 Å². The number of ether oxygens (including phenoxy) is 1. The van der Waals surface area contributed by atoms with E-state index in [1.165, 1.54) is 0 Å². The molecule has 2 N–H and O–H groups in total. The second kappa shape index (κ2) is 12.7. The summed E-state index contributed by atoms with van der Waals surface area (Å²) < 4.78 is 7.18. The molecule has 1 saturated carbocycles. The summed E-state index contributed by atoms with van der Waals surface area (Å²) >= 11 is 0. The van der Waals surface area contributed by atoms with Crippen LogP contribution in [-0.4, -0.2) is 52.3 Å². The first-order valence-electron chi connectivity index (χ1n) is 10.7. The van der Waals surface area contributed by atoms with E-state index in [0.29, 0.717) is 12.6 Å². The van der Waals surface area contributed by atoms with E-state index in [1.54, 1.807) is 0 Å². The molecule has 30 heavy (non-hydrogen) atoms. The standard InChI is InChI=1S/C21H32N6O2.HI/c1-3-22-21(24-17-12-10-16(11-13-17)20(28)29-4-2)23-14-7-9-19-26-25-18-8-5-6-15-27(18)19;/h5-6,8,15-17H,3-4,7,9-14H2,1-2H3,(H2,22,23,24);1H. The fraction of sp³-hybridized carbons (Fsp3) is 0.619. The van der Waals surface area contributed by atoms with E-state index in [9.17, 15) is 4.79 Å². The maximum absolute atomic E-state index is 11.9.